The third-order valence-corrected chi connectivity index (χ3v) is 2.49. The van der Waals surface area contributed by atoms with Crippen LogP contribution in [0.1, 0.15) is 10.5 Å². The lowest BCUT2D eigenvalue weighted by atomic mass is 10.4. The minimum Gasteiger partial charge on any atom is -0.476 e. The number of carboxylic acid groups (broad SMARTS) is 1. The Morgan fingerprint density at radius 3 is 2.74 bits per heavy atom. The van der Waals surface area contributed by atoms with Gasteiger partial charge in [0, 0.05) is 13.2 Å². The highest BCUT2D eigenvalue weighted by Crippen LogP contribution is 2.24. The number of halogens is 3. The Kier molecular flexibility index (Phi) is 3.09. The van der Waals surface area contributed by atoms with Gasteiger partial charge in [0.2, 0.25) is 0 Å². The molecule has 0 radical (unpaired) electrons. The Balaban J connectivity index is 2.53. The molecule has 2 aromatic heterocycles. The average molecular weight is 273 g/mol. The zero-order chi connectivity index (χ0) is 14.2. The summed E-state index contributed by atoms with van der Waals surface area (Å²) in [6, 6.07) is 4.73. The maximum Gasteiger partial charge on any atom is 0.405 e. The molecular weight excluding hydrogens is 263 g/mol. The highest BCUT2D eigenvalue weighted by Gasteiger charge is 2.32. The quantitative estimate of drug-likeness (QED) is 0.929. The molecule has 0 aromatic carbocycles. The number of rotatable bonds is 3. The van der Waals surface area contributed by atoms with E-state index in [4.69, 9.17) is 5.11 Å². The molecule has 2 heterocycles. The van der Waals surface area contributed by atoms with Gasteiger partial charge in [-0.3, -0.25) is 4.40 Å². The van der Waals surface area contributed by atoms with E-state index < -0.39 is 18.7 Å². The third-order valence-electron chi connectivity index (χ3n) is 2.49. The first-order chi connectivity index (χ1) is 8.79. The summed E-state index contributed by atoms with van der Waals surface area (Å²) in [5, 5.41) is 9.13. The molecule has 0 aliphatic carbocycles. The number of aromatic nitrogens is 2. The van der Waals surface area contributed by atoms with E-state index in [0.717, 1.165) is 11.9 Å². The first kappa shape index (κ1) is 13.2. The van der Waals surface area contributed by atoms with Crippen molar-refractivity contribution in [3.8, 4) is 0 Å². The van der Waals surface area contributed by atoms with Crippen molar-refractivity contribution in [3.63, 3.8) is 0 Å². The molecular formula is C11H10F3N3O2. The zero-order valence-corrected chi connectivity index (χ0v) is 9.85. The number of aromatic carboxylic acids is 1. The van der Waals surface area contributed by atoms with E-state index in [0.29, 0.717) is 0 Å². The standard InChI is InChI=1S/C11H10F3N3O2/c1-16(6-11(12,13)14)9-8(10(18)19)17-5-3-2-4-7(17)15-9/h2-5H,6H2,1H3,(H,18,19). The van der Waals surface area contributed by atoms with E-state index in [-0.39, 0.29) is 17.2 Å². The van der Waals surface area contributed by atoms with Crippen LogP contribution in [0.2, 0.25) is 0 Å². The summed E-state index contributed by atoms with van der Waals surface area (Å²) in [6.07, 6.45) is -2.99. The fourth-order valence-corrected chi connectivity index (χ4v) is 1.79. The van der Waals surface area contributed by atoms with Crippen molar-refractivity contribution >= 4 is 17.4 Å². The van der Waals surface area contributed by atoms with Crippen LogP contribution in [0, 0.1) is 0 Å². The SMILES string of the molecule is CN(CC(F)(F)F)c1nc2ccccn2c1C(=O)O. The molecule has 102 valence electrons. The molecule has 0 bridgehead atoms. The zero-order valence-electron chi connectivity index (χ0n) is 9.85. The van der Waals surface area contributed by atoms with Gasteiger partial charge in [0.15, 0.2) is 11.5 Å². The van der Waals surface area contributed by atoms with Crippen molar-refractivity contribution in [1.82, 2.24) is 9.38 Å². The van der Waals surface area contributed by atoms with Crippen LogP contribution in [0.5, 0.6) is 0 Å². The van der Waals surface area contributed by atoms with Crippen molar-refractivity contribution < 1.29 is 23.1 Å². The molecule has 0 amide bonds. The van der Waals surface area contributed by atoms with Crippen LogP contribution >= 0.6 is 0 Å². The van der Waals surface area contributed by atoms with E-state index in [1.807, 2.05) is 0 Å². The van der Waals surface area contributed by atoms with Gasteiger partial charge in [0.25, 0.3) is 0 Å². The van der Waals surface area contributed by atoms with Crippen molar-refractivity contribution in [2.45, 2.75) is 6.18 Å². The molecule has 0 atom stereocenters. The van der Waals surface area contributed by atoms with Gasteiger partial charge < -0.3 is 10.0 Å². The Labute approximate surface area is 105 Å². The lowest BCUT2D eigenvalue weighted by Gasteiger charge is -2.18. The van der Waals surface area contributed by atoms with Crippen molar-refractivity contribution in [2.75, 3.05) is 18.5 Å². The topological polar surface area (TPSA) is 57.8 Å². The Morgan fingerprint density at radius 1 is 1.47 bits per heavy atom. The molecule has 8 heteroatoms. The van der Waals surface area contributed by atoms with Crippen LogP contribution in [0.3, 0.4) is 0 Å². The molecule has 0 unspecified atom stereocenters. The van der Waals surface area contributed by atoms with Gasteiger partial charge >= 0.3 is 12.1 Å². The average Bonchev–Trinajstić information content (AvgIpc) is 2.65. The van der Waals surface area contributed by atoms with Crippen LogP contribution in [-0.2, 0) is 0 Å². The summed E-state index contributed by atoms with van der Waals surface area (Å²) in [5.41, 5.74) is -0.00808. The number of carboxylic acids is 1. The highest BCUT2D eigenvalue weighted by atomic mass is 19.4. The van der Waals surface area contributed by atoms with Crippen LogP contribution in [0.15, 0.2) is 24.4 Å². The van der Waals surface area contributed by atoms with Crippen LogP contribution < -0.4 is 4.90 Å². The van der Waals surface area contributed by atoms with Crippen molar-refractivity contribution in [3.05, 3.63) is 30.1 Å². The van der Waals surface area contributed by atoms with Crippen LogP contribution in [-0.4, -0.2) is 40.2 Å². The van der Waals surface area contributed by atoms with Crippen LogP contribution in [0.25, 0.3) is 5.65 Å². The van der Waals surface area contributed by atoms with Gasteiger partial charge in [-0.1, -0.05) is 6.07 Å². The Bertz CT molecular complexity index is 621. The molecule has 5 nitrogen and oxygen atoms in total. The van der Waals surface area contributed by atoms with E-state index in [9.17, 15) is 18.0 Å². The first-order valence-corrected chi connectivity index (χ1v) is 5.28. The minimum atomic E-state index is -4.43. The lowest BCUT2D eigenvalue weighted by molar-refractivity contribution is -0.119. The first-order valence-electron chi connectivity index (χ1n) is 5.28. The van der Waals surface area contributed by atoms with Crippen LogP contribution in [0.4, 0.5) is 19.0 Å². The largest absolute Gasteiger partial charge is 0.476 e. The van der Waals surface area contributed by atoms with E-state index in [1.165, 1.54) is 16.7 Å². The fourth-order valence-electron chi connectivity index (χ4n) is 1.79. The summed E-state index contributed by atoms with van der Waals surface area (Å²) in [5.74, 6) is -1.54. The molecule has 0 spiro atoms. The number of fused-ring (bicyclic) bond motifs is 1. The summed E-state index contributed by atoms with van der Waals surface area (Å²) >= 11 is 0. The number of alkyl halides is 3. The van der Waals surface area contributed by atoms with Gasteiger partial charge in [-0.2, -0.15) is 13.2 Å². The minimum absolute atomic E-state index is 0.212. The van der Waals surface area contributed by atoms with Gasteiger partial charge in [0.1, 0.15) is 12.2 Å². The summed E-state index contributed by atoms with van der Waals surface area (Å²) in [4.78, 5) is 15.9. The highest BCUT2D eigenvalue weighted by molar-refractivity contribution is 5.93. The second-order valence-corrected chi connectivity index (χ2v) is 3.99. The maximum atomic E-state index is 12.4. The molecule has 2 aromatic rings. The molecule has 0 aliphatic rings. The molecule has 2 rings (SSSR count). The Hall–Kier alpha value is -2.25. The van der Waals surface area contributed by atoms with Crippen molar-refractivity contribution in [2.24, 2.45) is 0 Å². The predicted octanol–water partition coefficient (Wildman–Crippen LogP) is 2.03. The smallest absolute Gasteiger partial charge is 0.405 e. The lowest BCUT2D eigenvalue weighted by Crippen LogP contribution is -2.32. The predicted molar refractivity (Wildman–Crippen MR) is 61.5 cm³/mol. The second kappa shape index (κ2) is 4.45. The molecule has 19 heavy (non-hydrogen) atoms. The van der Waals surface area contributed by atoms with Gasteiger partial charge in [-0.25, -0.2) is 9.78 Å². The van der Waals surface area contributed by atoms with Crippen molar-refractivity contribution in [1.29, 1.82) is 0 Å². The molecule has 0 aliphatic heterocycles. The molecule has 0 fully saturated rings. The maximum absolute atomic E-state index is 12.4. The number of hydrogen-bond acceptors (Lipinski definition) is 3. The number of hydrogen-bond donors (Lipinski definition) is 1. The number of nitrogens with zero attached hydrogens (tertiary/aromatic N) is 3. The van der Waals surface area contributed by atoms with Gasteiger partial charge in [-0.15, -0.1) is 0 Å². The summed E-state index contributed by atoms with van der Waals surface area (Å²) in [7, 11) is 1.15. The fraction of sp³-hybridized carbons (Fsp3) is 0.273. The number of pyridine rings is 1. The summed E-state index contributed by atoms with van der Waals surface area (Å²) < 4.78 is 38.3. The number of anilines is 1. The molecule has 0 saturated carbocycles. The summed E-state index contributed by atoms with van der Waals surface area (Å²) in [6.45, 7) is -1.27. The number of imidazole rings is 1. The molecule has 0 saturated heterocycles. The van der Waals surface area contributed by atoms with Gasteiger partial charge in [-0.05, 0) is 12.1 Å². The van der Waals surface area contributed by atoms with E-state index in [2.05, 4.69) is 4.98 Å². The van der Waals surface area contributed by atoms with E-state index in [1.54, 1.807) is 12.1 Å². The van der Waals surface area contributed by atoms with E-state index >= 15 is 0 Å². The van der Waals surface area contributed by atoms with Gasteiger partial charge in [0.05, 0.1) is 0 Å². The monoisotopic (exact) mass is 273 g/mol. The molecule has 1 N–H and O–H groups in total. The second-order valence-electron chi connectivity index (χ2n) is 3.99. The normalized spacial score (nSPS) is 11.8. The Morgan fingerprint density at radius 2 is 2.16 bits per heavy atom. The number of carbonyl (C=O) groups is 1. The third kappa shape index (κ3) is 2.61.